The molecule has 6 rings (SSSR count). The minimum absolute atomic E-state index is 0.0550. The minimum atomic E-state index is -0.609. The SMILES string of the molecule is CC(C)N1CCOc2c(F)cc(-c3nc(Cc4cc5ccc(N6CCN(C)CC6)cc5o4)ncc3F)cc21. The van der Waals surface area contributed by atoms with E-state index in [0.717, 1.165) is 49.0 Å². The molecule has 1 fully saturated rings. The predicted octanol–water partition coefficient (Wildman–Crippen LogP) is 5.12. The topological polar surface area (TPSA) is 57.9 Å². The molecule has 2 aliphatic heterocycles. The highest BCUT2D eigenvalue weighted by Crippen LogP contribution is 2.39. The number of nitrogens with zero attached hydrogens (tertiary/aromatic N) is 5. The summed E-state index contributed by atoms with van der Waals surface area (Å²) in [6, 6.07) is 11.4. The second kappa shape index (κ2) is 9.87. The zero-order chi connectivity index (χ0) is 26.4. The molecule has 4 heterocycles. The van der Waals surface area contributed by atoms with E-state index in [0.29, 0.717) is 42.4 Å². The summed E-state index contributed by atoms with van der Waals surface area (Å²) in [6.07, 6.45) is 1.43. The van der Waals surface area contributed by atoms with Crippen molar-refractivity contribution in [3.05, 3.63) is 65.8 Å². The molecule has 2 aliphatic rings. The van der Waals surface area contributed by atoms with Gasteiger partial charge in [-0.1, -0.05) is 0 Å². The number of hydrogen-bond donors (Lipinski definition) is 0. The molecular weight excluding hydrogens is 488 g/mol. The number of hydrogen-bond acceptors (Lipinski definition) is 7. The van der Waals surface area contributed by atoms with Gasteiger partial charge in [0.1, 0.15) is 29.5 Å². The standard InChI is InChI=1S/C29H31F2N5O2/c1-18(2)36-10-11-37-29-23(30)13-20(14-25(29)36)28-24(31)17-32-27(33-28)16-22-12-19-4-5-21(15-26(19)38-22)35-8-6-34(3)7-9-35/h4-5,12-15,17-18H,6-11,16H2,1-3H3. The monoisotopic (exact) mass is 519 g/mol. The second-order valence-electron chi connectivity index (χ2n) is 10.3. The highest BCUT2D eigenvalue weighted by Gasteiger charge is 2.26. The van der Waals surface area contributed by atoms with Crippen molar-refractivity contribution < 1.29 is 17.9 Å². The molecule has 0 spiro atoms. The van der Waals surface area contributed by atoms with Crippen molar-refractivity contribution in [1.82, 2.24) is 14.9 Å². The normalized spacial score (nSPS) is 16.3. The fourth-order valence-electron chi connectivity index (χ4n) is 5.25. The number of likely N-dealkylation sites (N-methyl/N-ethyl adjacent to an activating group) is 1. The summed E-state index contributed by atoms with van der Waals surface area (Å²) in [5.41, 5.74) is 2.94. The van der Waals surface area contributed by atoms with Crippen LogP contribution in [-0.4, -0.2) is 67.3 Å². The van der Waals surface area contributed by atoms with Crippen LogP contribution in [0.2, 0.25) is 0 Å². The van der Waals surface area contributed by atoms with Gasteiger partial charge in [-0.15, -0.1) is 0 Å². The molecule has 0 N–H and O–H groups in total. The van der Waals surface area contributed by atoms with Gasteiger partial charge >= 0.3 is 0 Å². The first kappa shape index (κ1) is 24.6. The highest BCUT2D eigenvalue weighted by atomic mass is 19.1. The maximum Gasteiger partial charge on any atom is 0.178 e. The highest BCUT2D eigenvalue weighted by molar-refractivity contribution is 5.82. The predicted molar refractivity (Wildman–Crippen MR) is 144 cm³/mol. The number of aromatic nitrogens is 2. The smallest absolute Gasteiger partial charge is 0.178 e. The van der Waals surface area contributed by atoms with Crippen LogP contribution in [-0.2, 0) is 6.42 Å². The van der Waals surface area contributed by atoms with Gasteiger partial charge in [0.25, 0.3) is 0 Å². The van der Waals surface area contributed by atoms with Crippen molar-refractivity contribution in [1.29, 1.82) is 0 Å². The summed E-state index contributed by atoms with van der Waals surface area (Å²) in [4.78, 5) is 15.4. The molecule has 38 heavy (non-hydrogen) atoms. The van der Waals surface area contributed by atoms with E-state index in [1.54, 1.807) is 6.07 Å². The lowest BCUT2D eigenvalue weighted by Crippen LogP contribution is -2.44. The van der Waals surface area contributed by atoms with Crippen LogP contribution in [0.4, 0.5) is 20.2 Å². The molecule has 0 atom stereocenters. The first-order valence-electron chi connectivity index (χ1n) is 13.1. The first-order valence-corrected chi connectivity index (χ1v) is 13.1. The molecule has 0 bridgehead atoms. The number of furan rings is 1. The van der Waals surface area contributed by atoms with Crippen LogP contribution in [0.15, 0.2) is 47.0 Å². The molecular formula is C29H31F2N5O2. The van der Waals surface area contributed by atoms with Gasteiger partial charge in [0.05, 0.1) is 24.8 Å². The van der Waals surface area contributed by atoms with Crippen LogP contribution in [0.5, 0.6) is 5.75 Å². The maximum atomic E-state index is 15.0. The first-order chi connectivity index (χ1) is 18.4. The fraction of sp³-hybridized carbons (Fsp3) is 0.379. The van der Waals surface area contributed by atoms with Crippen molar-refractivity contribution in [3.63, 3.8) is 0 Å². The van der Waals surface area contributed by atoms with Gasteiger partial charge in [0.2, 0.25) is 0 Å². The van der Waals surface area contributed by atoms with Gasteiger partial charge in [-0.2, -0.15) is 0 Å². The van der Waals surface area contributed by atoms with Crippen LogP contribution in [0.1, 0.15) is 25.4 Å². The van der Waals surface area contributed by atoms with E-state index in [1.165, 1.54) is 6.07 Å². The Morgan fingerprint density at radius 1 is 0.974 bits per heavy atom. The summed E-state index contributed by atoms with van der Waals surface area (Å²) >= 11 is 0. The van der Waals surface area contributed by atoms with Crippen LogP contribution < -0.4 is 14.5 Å². The molecule has 2 aromatic carbocycles. The molecule has 0 saturated carbocycles. The summed E-state index contributed by atoms with van der Waals surface area (Å²) in [6.45, 7) is 9.12. The zero-order valence-corrected chi connectivity index (χ0v) is 21.9. The van der Waals surface area contributed by atoms with Gasteiger partial charge in [-0.25, -0.2) is 18.7 Å². The van der Waals surface area contributed by atoms with E-state index in [9.17, 15) is 8.78 Å². The van der Waals surface area contributed by atoms with Crippen LogP contribution in [0, 0.1) is 11.6 Å². The van der Waals surface area contributed by atoms with Crippen molar-refractivity contribution in [3.8, 4) is 17.0 Å². The number of anilines is 2. The molecule has 0 amide bonds. The Labute approximate surface area is 220 Å². The summed E-state index contributed by atoms with van der Waals surface area (Å²) in [7, 11) is 2.14. The number of rotatable bonds is 5. The summed E-state index contributed by atoms with van der Waals surface area (Å²) < 4.78 is 41.6. The van der Waals surface area contributed by atoms with E-state index in [-0.39, 0.29) is 17.5 Å². The minimum Gasteiger partial charge on any atom is -0.486 e. The average molecular weight is 520 g/mol. The average Bonchev–Trinajstić information content (AvgIpc) is 3.31. The molecule has 1 saturated heterocycles. The van der Waals surface area contributed by atoms with Crippen LogP contribution in [0.25, 0.3) is 22.2 Å². The lowest BCUT2D eigenvalue weighted by molar-refractivity contribution is 0.287. The van der Waals surface area contributed by atoms with E-state index < -0.39 is 11.6 Å². The fourth-order valence-corrected chi connectivity index (χ4v) is 5.25. The number of halogens is 2. The Bertz CT molecular complexity index is 1480. The largest absolute Gasteiger partial charge is 0.486 e. The van der Waals surface area contributed by atoms with Crippen LogP contribution in [0.3, 0.4) is 0 Å². The molecule has 2 aromatic heterocycles. The lowest BCUT2D eigenvalue weighted by atomic mass is 10.1. The van der Waals surface area contributed by atoms with E-state index >= 15 is 0 Å². The molecule has 198 valence electrons. The Hall–Kier alpha value is -3.72. The Balaban J connectivity index is 1.28. The second-order valence-corrected chi connectivity index (χ2v) is 10.3. The van der Waals surface area contributed by atoms with E-state index in [2.05, 4.69) is 49.9 Å². The van der Waals surface area contributed by atoms with Crippen molar-refractivity contribution in [2.75, 3.05) is 56.2 Å². The van der Waals surface area contributed by atoms with Gasteiger partial charge in [0.15, 0.2) is 17.4 Å². The Morgan fingerprint density at radius 2 is 1.79 bits per heavy atom. The van der Waals surface area contributed by atoms with Gasteiger partial charge in [-0.05, 0) is 51.2 Å². The van der Waals surface area contributed by atoms with Crippen molar-refractivity contribution >= 4 is 22.3 Å². The molecule has 7 nitrogen and oxygen atoms in total. The molecule has 0 radical (unpaired) electrons. The third kappa shape index (κ3) is 4.67. The van der Waals surface area contributed by atoms with Crippen molar-refractivity contribution in [2.45, 2.75) is 26.3 Å². The zero-order valence-electron chi connectivity index (χ0n) is 21.9. The Kier molecular flexibility index (Phi) is 6.39. The van der Waals surface area contributed by atoms with Gasteiger partial charge < -0.3 is 23.9 Å². The third-order valence-electron chi connectivity index (χ3n) is 7.36. The maximum absolute atomic E-state index is 15.0. The summed E-state index contributed by atoms with van der Waals surface area (Å²) in [5, 5.41) is 0.991. The number of fused-ring (bicyclic) bond motifs is 2. The van der Waals surface area contributed by atoms with Gasteiger partial charge in [-0.3, -0.25) is 0 Å². The van der Waals surface area contributed by atoms with Crippen LogP contribution >= 0.6 is 0 Å². The van der Waals surface area contributed by atoms with Crippen molar-refractivity contribution in [2.24, 2.45) is 0 Å². The number of benzene rings is 2. The Morgan fingerprint density at radius 3 is 2.58 bits per heavy atom. The third-order valence-corrected chi connectivity index (χ3v) is 7.36. The van der Waals surface area contributed by atoms with E-state index in [4.69, 9.17) is 9.15 Å². The molecule has 9 heteroatoms. The summed E-state index contributed by atoms with van der Waals surface area (Å²) in [5.74, 6) is 0.138. The quantitative estimate of drug-likeness (QED) is 0.363. The molecule has 0 aliphatic carbocycles. The molecule has 4 aromatic rings. The molecule has 0 unspecified atom stereocenters. The number of ether oxygens (including phenoxy) is 1. The van der Waals surface area contributed by atoms with E-state index in [1.807, 2.05) is 19.9 Å². The van der Waals surface area contributed by atoms with Gasteiger partial charge in [0, 0.05) is 54.9 Å². The lowest BCUT2D eigenvalue weighted by Gasteiger charge is -2.34. The number of piperazine rings is 1.